The molecule has 0 unspecified atom stereocenters. The van der Waals surface area contributed by atoms with Crippen molar-refractivity contribution in [1.29, 1.82) is 0 Å². The summed E-state index contributed by atoms with van der Waals surface area (Å²) < 4.78 is 1.47. The van der Waals surface area contributed by atoms with Crippen molar-refractivity contribution in [2.24, 2.45) is 5.92 Å². The molecule has 2 heterocycles. The van der Waals surface area contributed by atoms with Crippen molar-refractivity contribution in [3.05, 3.63) is 22.6 Å². The molecular weight excluding hydrogens is 254 g/mol. The minimum atomic E-state index is -0.429. The highest BCUT2D eigenvalue weighted by molar-refractivity contribution is 5.43. The number of nitrogens with zero attached hydrogens (tertiary/aromatic N) is 3. The maximum atomic E-state index is 12.2. The third kappa shape index (κ3) is 2.59. The van der Waals surface area contributed by atoms with Crippen LogP contribution in [0.5, 0.6) is 0 Å². The van der Waals surface area contributed by atoms with Gasteiger partial charge in [0.1, 0.15) is 0 Å². The number of aliphatic hydroxyl groups is 1. The monoisotopic (exact) mass is 277 g/mol. The predicted octanol–water partition coefficient (Wildman–Crippen LogP) is 1.57. The molecule has 1 saturated heterocycles. The average molecular weight is 277 g/mol. The van der Waals surface area contributed by atoms with Gasteiger partial charge in [-0.2, -0.15) is 5.10 Å². The first-order chi connectivity index (χ1) is 9.65. The van der Waals surface area contributed by atoms with Crippen LogP contribution in [0.15, 0.2) is 17.1 Å². The van der Waals surface area contributed by atoms with E-state index < -0.39 is 6.10 Å². The van der Waals surface area contributed by atoms with Gasteiger partial charge in [0.15, 0.2) is 0 Å². The van der Waals surface area contributed by atoms with Crippen molar-refractivity contribution in [3.8, 4) is 0 Å². The Kier molecular flexibility index (Phi) is 3.78. The summed E-state index contributed by atoms with van der Waals surface area (Å²) in [5.41, 5.74) is 0.831. The van der Waals surface area contributed by atoms with Crippen LogP contribution in [0.25, 0.3) is 0 Å². The Morgan fingerprint density at radius 3 is 2.60 bits per heavy atom. The fourth-order valence-corrected chi connectivity index (χ4v) is 3.30. The normalized spacial score (nSPS) is 28.0. The fourth-order valence-electron chi connectivity index (χ4n) is 3.30. The van der Waals surface area contributed by atoms with E-state index in [1.54, 1.807) is 12.3 Å². The van der Waals surface area contributed by atoms with E-state index in [1.165, 1.54) is 17.5 Å². The van der Waals surface area contributed by atoms with Crippen LogP contribution in [0, 0.1) is 5.92 Å². The number of anilines is 1. The van der Waals surface area contributed by atoms with Crippen LogP contribution in [0.2, 0.25) is 0 Å². The number of piperidine rings is 1. The zero-order chi connectivity index (χ0) is 14.1. The van der Waals surface area contributed by atoms with E-state index >= 15 is 0 Å². The zero-order valence-corrected chi connectivity index (χ0v) is 12.0. The van der Waals surface area contributed by atoms with E-state index in [1.807, 2.05) is 0 Å². The number of rotatable bonds is 2. The smallest absolute Gasteiger partial charge is 0.269 e. The van der Waals surface area contributed by atoms with Crippen LogP contribution in [0.3, 0.4) is 0 Å². The Hall–Kier alpha value is -1.36. The summed E-state index contributed by atoms with van der Waals surface area (Å²) in [6.07, 6.45) is 6.27. The first-order valence-corrected chi connectivity index (χ1v) is 7.67. The standard InChI is InChI=1S/C15H23N3O2/c1-11-5-7-17(8-6-11)12-9-15(20)18(16-10-12)13-3-2-4-14(13)19/h9-11,13-14,19H,2-8H2,1H3/t13-,14-/m0/s1. The van der Waals surface area contributed by atoms with E-state index in [-0.39, 0.29) is 11.6 Å². The van der Waals surface area contributed by atoms with E-state index in [4.69, 9.17) is 0 Å². The van der Waals surface area contributed by atoms with Gasteiger partial charge in [0.25, 0.3) is 5.56 Å². The molecule has 2 atom stereocenters. The van der Waals surface area contributed by atoms with E-state index in [0.29, 0.717) is 0 Å². The molecule has 20 heavy (non-hydrogen) atoms. The summed E-state index contributed by atoms with van der Waals surface area (Å²) in [6, 6.07) is 1.53. The van der Waals surface area contributed by atoms with Gasteiger partial charge in [0, 0.05) is 19.2 Å². The lowest BCUT2D eigenvalue weighted by atomic mass is 9.99. The second kappa shape index (κ2) is 5.56. The molecule has 0 aromatic carbocycles. The molecule has 2 aliphatic rings. The highest BCUT2D eigenvalue weighted by atomic mass is 16.3. The summed E-state index contributed by atoms with van der Waals surface area (Å²) in [5.74, 6) is 0.771. The Morgan fingerprint density at radius 1 is 1.25 bits per heavy atom. The SMILES string of the molecule is CC1CCN(c2cnn([C@H]3CCC[C@@H]3O)c(=O)c2)CC1. The first-order valence-electron chi connectivity index (χ1n) is 7.67. The van der Waals surface area contributed by atoms with Gasteiger partial charge < -0.3 is 10.0 Å². The number of hydrogen-bond donors (Lipinski definition) is 1. The Balaban J connectivity index is 1.79. The summed E-state index contributed by atoms with van der Waals surface area (Å²) in [6.45, 7) is 4.27. The predicted molar refractivity (Wildman–Crippen MR) is 78.0 cm³/mol. The van der Waals surface area contributed by atoms with Crippen LogP contribution in [-0.2, 0) is 0 Å². The summed E-state index contributed by atoms with van der Waals surface area (Å²) in [7, 11) is 0. The van der Waals surface area contributed by atoms with E-state index in [0.717, 1.165) is 44.0 Å². The van der Waals surface area contributed by atoms with Crippen molar-refractivity contribution in [2.75, 3.05) is 18.0 Å². The van der Waals surface area contributed by atoms with Gasteiger partial charge in [-0.25, -0.2) is 4.68 Å². The number of aliphatic hydroxyl groups excluding tert-OH is 1. The fraction of sp³-hybridized carbons (Fsp3) is 0.733. The summed E-state index contributed by atoms with van der Waals surface area (Å²) in [4.78, 5) is 14.5. The number of aromatic nitrogens is 2. The molecule has 0 spiro atoms. The van der Waals surface area contributed by atoms with Gasteiger partial charge in [0.2, 0.25) is 0 Å². The van der Waals surface area contributed by atoms with Crippen molar-refractivity contribution >= 4 is 5.69 Å². The molecule has 3 rings (SSSR count). The van der Waals surface area contributed by atoms with Crippen molar-refractivity contribution in [1.82, 2.24) is 9.78 Å². The molecule has 1 aromatic rings. The molecule has 1 aromatic heterocycles. The molecular formula is C15H23N3O2. The molecule has 1 aliphatic heterocycles. The molecule has 2 fully saturated rings. The molecule has 1 N–H and O–H groups in total. The molecule has 5 nitrogen and oxygen atoms in total. The lowest BCUT2D eigenvalue weighted by molar-refractivity contribution is 0.127. The molecule has 1 aliphatic carbocycles. The maximum Gasteiger partial charge on any atom is 0.269 e. The minimum absolute atomic E-state index is 0.0907. The van der Waals surface area contributed by atoms with Gasteiger partial charge >= 0.3 is 0 Å². The summed E-state index contributed by atoms with van der Waals surface area (Å²) >= 11 is 0. The molecule has 0 radical (unpaired) electrons. The van der Waals surface area contributed by atoms with Gasteiger partial charge in [-0.1, -0.05) is 6.92 Å². The van der Waals surface area contributed by atoms with Crippen LogP contribution in [-0.4, -0.2) is 34.1 Å². The molecule has 110 valence electrons. The summed E-state index contributed by atoms with van der Waals surface area (Å²) in [5, 5.41) is 14.2. The third-order valence-electron chi connectivity index (χ3n) is 4.72. The quantitative estimate of drug-likeness (QED) is 0.891. The Labute approximate surface area is 119 Å². The van der Waals surface area contributed by atoms with Crippen LogP contribution >= 0.6 is 0 Å². The lowest BCUT2D eigenvalue weighted by Gasteiger charge is -2.31. The van der Waals surface area contributed by atoms with Crippen molar-refractivity contribution < 1.29 is 5.11 Å². The minimum Gasteiger partial charge on any atom is -0.391 e. The largest absolute Gasteiger partial charge is 0.391 e. The topological polar surface area (TPSA) is 58.4 Å². The molecule has 5 heteroatoms. The molecule has 0 amide bonds. The van der Waals surface area contributed by atoms with Gasteiger partial charge in [0.05, 0.1) is 24.0 Å². The highest BCUT2D eigenvalue weighted by Gasteiger charge is 2.28. The Bertz CT molecular complexity index is 520. The second-order valence-electron chi connectivity index (χ2n) is 6.23. The van der Waals surface area contributed by atoms with Crippen LogP contribution in [0.1, 0.15) is 45.1 Å². The molecule has 1 saturated carbocycles. The van der Waals surface area contributed by atoms with Crippen LogP contribution < -0.4 is 10.5 Å². The molecule has 0 bridgehead atoms. The van der Waals surface area contributed by atoms with Gasteiger partial charge in [-0.15, -0.1) is 0 Å². The lowest BCUT2D eigenvalue weighted by Crippen LogP contribution is -2.36. The van der Waals surface area contributed by atoms with Crippen LogP contribution in [0.4, 0.5) is 5.69 Å². The maximum absolute atomic E-state index is 12.2. The third-order valence-corrected chi connectivity index (χ3v) is 4.72. The first kappa shape index (κ1) is 13.6. The van der Waals surface area contributed by atoms with E-state index in [9.17, 15) is 9.90 Å². The van der Waals surface area contributed by atoms with Crippen molar-refractivity contribution in [2.45, 2.75) is 51.2 Å². The Morgan fingerprint density at radius 2 is 2.00 bits per heavy atom. The van der Waals surface area contributed by atoms with Gasteiger partial charge in [-0.3, -0.25) is 4.79 Å². The second-order valence-corrected chi connectivity index (χ2v) is 6.23. The zero-order valence-electron chi connectivity index (χ0n) is 12.0. The van der Waals surface area contributed by atoms with Gasteiger partial charge in [-0.05, 0) is 38.0 Å². The highest BCUT2D eigenvalue weighted by Crippen LogP contribution is 2.28. The number of hydrogen-bond acceptors (Lipinski definition) is 4. The van der Waals surface area contributed by atoms with Crippen molar-refractivity contribution in [3.63, 3.8) is 0 Å². The average Bonchev–Trinajstić information content (AvgIpc) is 2.86. The van der Waals surface area contributed by atoms with E-state index in [2.05, 4.69) is 16.9 Å².